The molecule has 3 heterocycles. The number of pyridine rings is 1. The molecule has 0 amide bonds. The molecule has 0 atom stereocenters. The van der Waals surface area contributed by atoms with Crippen LogP contribution in [0.2, 0.25) is 5.02 Å². The Hall–Kier alpha value is -2.20. The lowest BCUT2D eigenvalue weighted by atomic mass is 10.1. The van der Waals surface area contributed by atoms with E-state index in [0.29, 0.717) is 53.7 Å². The van der Waals surface area contributed by atoms with E-state index in [1.54, 1.807) is 16.8 Å². The van der Waals surface area contributed by atoms with Gasteiger partial charge in [0.15, 0.2) is 0 Å². The molecule has 0 bridgehead atoms. The van der Waals surface area contributed by atoms with Gasteiger partial charge in [0.05, 0.1) is 6.26 Å². The Bertz CT molecular complexity index is 1350. The molecule has 2 fully saturated rings. The summed E-state index contributed by atoms with van der Waals surface area (Å²) in [5.74, 6) is 0.453. The second-order valence-corrected chi connectivity index (χ2v) is 10.9. The fourth-order valence-electron chi connectivity index (χ4n) is 4.25. The lowest BCUT2D eigenvalue weighted by Gasteiger charge is -2.30. The van der Waals surface area contributed by atoms with Crippen molar-refractivity contribution in [2.75, 3.05) is 24.7 Å². The van der Waals surface area contributed by atoms with Gasteiger partial charge in [-0.2, -0.15) is 4.98 Å². The van der Waals surface area contributed by atoms with E-state index >= 15 is 0 Å². The van der Waals surface area contributed by atoms with Crippen molar-refractivity contribution in [3.05, 3.63) is 51.9 Å². The minimum Gasteiger partial charge on any atom is -0.351 e. The van der Waals surface area contributed by atoms with Gasteiger partial charge in [0.1, 0.15) is 5.65 Å². The standard InChI is InChI=1S/C22H24ClN5O3S.ClH/c1-32(30,31)27-10-8-15(9-11-27)25-22-24-13-14-12-18(17-4-2-3-5-19(17)23)21(29)28(16-6-7-16)20(14)26-22;/h2-5,12-13,15-16H,6-11H2,1H3,(H,24,25,26);1H. The van der Waals surface area contributed by atoms with Crippen molar-refractivity contribution >= 4 is 51.0 Å². The van der Waals surface area contributed by atoms with E-state index < -0.39 is 10.0 Å². The molecule has 8 nitrogen and oxygen atoms in total. The number of benzene rings is 1. The average molecular weight is 510 g/mol. The smallest absolute Gasteiger partial charge is 0.260 e. The lowest BCUT2D eigenvalue weighted by Crippen LogP contribution is -2.42. The number of hydrogen-bond acceptors (Lipinski definition) is 6. The van der Waals surface area contributed by atoms with E-state index in [0.717, 1.165) is 18.2 Å². The molecule has 5 rings (SSSR count). The Morgan fingerprint density at radius 2 is 1.79 bits per heavy atom. The van der Waals surface area contributed by atoms with Crippen LogP contribution >= 0.6 is 24.0 Å². The van der Waals surface area contributed by atoms with Crippen LogP contribution in [0, 0.1) is 0 Å². The van der Waals surface area contributed by atoms with Gasteiger partial charge in [0.25, 0.3) is 5.56 Å². The van der Waals surface area contributed by atoms with Crippen LogP contribution in [0.5, 0.6) is 0 Å². The zero-order valence-electron chi connectivity index (χ0n) is 18.1. The average Bonchev–Trinajstić information content (AvgIpc) is 3.59. The quantitative estimate of drug-likeness (QED) is 0.562. The fraction of sp³-hybridized carbons (Fsp3) is 0.409. The zero-order chi connectivity index (χ0) is 22.5. The Kier molecular flexibility index (Phi) is 6.68. The van der Waals surface area contributed by atoms with Crippen LogP contribution in [-0.4, -0.2) is 52.6 Å². The van der Waals surface area contributed by atoms with Gasteiger partial charge < -0.3 is 5.32 Å². The van der Waals surface area contributed by atoms with E-state index in [1.165, 1.54) is 10.6 Å². The number of hydrogen-bond donors (Lipinski definition) is 1. The van der Waals surface area contributed by atoms with Gasteiger partial charge in [0.2, 0.25) is 16.0 Å². The summed E-state index contributed by atoms with van der Waals surface area (Å²) in [7, 11) is -3.17. The number of halogens is 2. The van der Waals surface area contributed by atoms with Gasteiger partial charge in [-0.05, 0) is 37.8 Å². The minimum atomic E-state index is -3.17. The summed E-state index contributed by atoms with van der Waals surface area (Å²) in [4.78, 5) is 22.6. The van der Waals surface area contributed by atoms with E-state index in [9.17, 15) is 13.2 Å². The second-order valence-electron chi connectivity index (χ2n) is 8.50. The Balaban J connectivity index is 0.00000259. The molecule has 11 heteroatoms. The predicted molar refractivity (Wildman–Crippen MR) is 133 cm³/mol. The van der Waals surface area contributed by atoms with Gasteiger partial charge in [-0.3, -0.25) is 9.36 Å². The number of anilines is 1. The van der Waals surface area contributed by atoms with Crippen LogP contribution in [-0.2, 0) is 10.0 Å². The van der Waals surface area contributed by atoms with Crippen molar-refractivity contribution in [1.82, 2.24) is 18.8 Å². The number of fused-ring (bicyclic) bond motifs is 1. The summed E-state index contributed by atoms with van der Waals surface area (Å²) < 4.78 is 26.7. The van der Waals surface area contributed by atoms with Crippen molar-refractivity contribution in [3.63, 3.8) is 0 Å². The highest BCUT2D eigenvalue weighted by molar-refractivity contribution is 7.88. The molecule has 2 aromatic heterocycles. The topological polar surface area (TPSA) is 97.2 Å². The van der Waals surface area contributed by atoms with Crippen LogP contribution in [0.3, 0.4) is 0 Å². The van der Waals surface area contributed by atoms with Gasteiger partial charge in [-0.25, -0.2) is 17.7 Å². The third kappa shape index (κ3) is 4.87. The molecule has 1 saturated heterocycles. The lowest BCUT2D eigenvalue weighted by molar-refractivity contribution is 0.331. The summed E-state index contributed by atoms with van der Waals surface area (Å²) in [6, 6.07) is 9.36. The Labute approximate surface area is 203 Å². The third-order valence-corrected chi connectivity index (χ3v) is 7.74. The summed E-state index contributed by atoms with van der Waals surface area (Å²) in [5.41, 5.74) is 1.77. The normalized spacial score (nSPS) is 17.6. The third-order valence-electron chi connectivity index (χ3n) is 6.11. The number of rotatable bonds is 5. The molecular formula is C22H25Cl2N5O3S. The molecule has 176 valence electrons. The maximum atomic E-state index is 13.4. The molecule has 1 saturated carbocycles. The molecule has 0 unspecified atom stereocenters. The van der Waals surface area contributed by atoms with Crippen LogP contribution in [0.15, 0.2) is 41.3 Å². The molecule has 3 aromatic rings. The maximum absolute atomic E-state index is 13.4. The van der Waals surface area contributed by atoms with Gasteiger partial charge >= 0.3 is 0 Å². The van der Waals surface area contributed by atoms with Crippen molar-refractivity contribution < 1.29 is 8.42 Å². The number of piperidine rings is 1. The second kappa shape index (κ2) is 9.21. The summed E-state index contributed by atoms with van der Waals surface area (Å²) in [6.45, 7) is 0.941. The SMILES string of the molecule is CS(=O)(=O)N1CCC(Nc2ncc3cc(-c4ccccc4Cl)c(=O)n(C4CC4)c3n2)CC1.Cl. The van der Waals surface area contributed by atoms with Gasteiger partial charge in [-0.1, -0.05) is 29.8 Å². The first-order valence-corrected chi connectivity index (χ1v) is 12.9. The number of nitrogens with one attached hydrogen (secondary N) is 1. The van der Waals surface area contributed by atoms with Crippen LogP contribution in [0.25, 0.3) is 22.2 Å². The molecule has 33 heavy (non-hydrogen) atoms. The number of sulfonamides is 1. The van der Waals surface area contributed by atoms with Gasteiger partial charge in [0, 0.05) is 52.9 Å². The molecule has 0 radical (unpaired) electrons. The van der Waals surface area contributed by atoms with E-state index in [1.807, 2.05) is 24.3 Å². The summed E-state index contributed by atoms with van der Waals surface area (Å²) in [6.07, 6.45) is 6.20. The first-order valence-electron chi connectivity index (χ1n) is 10.7. The van der Waals surface area contributed by atoms with Crippen molar-refractivity contribution in [1.29, 1.82) is 0 Å². The molecular weight excluding hydrogens is 485 g/mol. The first-order chi connectivity index (χ1) is 15.3. The summed E-state index contributed by atoms with van der Waals surface area (Å²) >= 11 is 6.37. The molecule has 1 aromatic carbocycles. The summed E-state index contributed by atoms with van der Waals surface area (Å²) in [5, 5.41) is 4.64. The Morgan fingerprint density at radius 3 is 2.42 bits per heavy atom. The largest absolute Gasteiger partial charge is 0.351 e. The van der Waals surface area contributed by atoms with Crippen molar-refractivity contribution in [3.8, 4) is 11.1 Å². The van der Waals surface area contributed by atoms with E-state index in [4.69, 9.17) is 16.6 Å². The molecule has 2 aliphatic rings. The number of aromatic nitrogens is 3. The van der Waals surface area contributed by atoms with Crippen LogP contribution in [0.4, 0.5) is 5.95 Å². The highest BCUT2D eigenvalue weighted by Crippen LogP contribution is 2.37. The fourth-order valence-corrected chi connectivity index (χ4v) is 5.36. The highest BCUT2D eigenvalue weighted by atomic mass is 35.5. The van der Waals surface area contributed by atoms with Crippen molar-refractivity contribution in [2.24, 2.45) is 0 Å². The maximum Gasteiger partial charge on any atom is 0.260 e. The molecule has 1 aliphatic carbocycles. The number of nitrogens with zero attached hydrogens (tertiary/aromatic N) is 4. The Morgan fingerprint density at radius 1 is 1.09 bits per heavy atom. The first kappa shape index (κ1) is 23.9. The van der Waals surface area contributed by atoms with E-state index in [2.05, 4.69) is 10.3 Å². The highest BCUT2D eigenvalue weighted by Gasteiger charge is 2.29. The molecule has 1 N–H and O–H groups in total. The van der Waals surface area contributed by atoms with Crippen LogP contribution in [0.1, 0.15) is 31.7 Å². The van der Waals surface area contributed by atoms with Crippen molar-refractivity contribution in [2.45, 2.75) is 37.8 Å². The monoisotopic (exact) mass is 509 g/mol. The molecule has 1 aliphatic heterocycles. The van der Waals surface area contributed by atoms with Crippen LogP contribution < -0.4 is 10.9 Å². The van der Waals surface area contributed by atoms with Gasteiger partial charge in [-0.15, -0.1) is 12.4 Å². The zero-order valence-corrected chi connectivity index (χ0v) is 20.5. The minimum absolute atomic E-state index is 0. The van der Waals surface area contributed by atoms with E-state index in [-0.39, 0.29) is 30.0 Å². The predicted octanol–water partition coefficient (Wildman–Crippen LogP) is 3.70. The molecule has 0 spiro atoms.